The van der Waals surface area contributed by atoms with Gasteiger partial charge in [0.2, 0.25) is 5.91 Å². The van der Waals surface area contributed by atoms with E-state index >= 15 is 0 Å². The SMILES string of the molecule is Cc1ccc(Cl)cc1NC(=O)CCS(=O)(=O)c1ccc2c(c1)CCC2. The maximum absolute atomic E-state index is 12.5. The minimum Gasteiger partial charge on any atom is -0.326 e. The molecule has 0 bridgehead atoms. The topological polar surface area (TPSA) is 63.2 Å². The Hall–Kier alpha value is -1.85. The number of aryl methyl sites for hydroxylation is 3. The molecule has 0 heterocycles. The maximum atomic E-state index is 12.5. The Bertz CT molecular complexity index is 922. The molecule has 2 aromatic rings. The van der Waals surface area contributed by atoms with Gasteiger partial charge >= 0.3 is 0 Å². The van der Waals surface area contributed by atoms with Crippen LogP contribution in [0, 0.1) is 6.92 Å². The summed E-state index contributed by atoms with van der Waals surface area (Å²) >= 11 is 5.93. The van der Waals surface area contributed by atoms with E-state index in [-0.39, 0.29) is 18.1 Å². The number of halogens is 1. The lowest BCUT2D eigenvalue weighted by Crippen LogP contribution is -2.18. The normalized spacial score (nSPS) is 13.5. The molecule has 0 saturated heterocycles. The second-order valence-corrected chi connectivity index (χ2v) is 8.91. The lowest BCUT2D eigenvalue weighted by molar-refractivity contribution is -0.115. The molecule has 0 fully saturated rings. The van der Waals surface area contributed by atoms with Crippen LogP contribution < -0.4 is 5.32 Å². The van der Waals surface area contributed by atoms with Gasteiger partial charge in [0.15, 0.2) is 9.84 Å². The minimum atomic E-state index is -3.47. The van der Waals surface area contributed by atoms with Crippen molar-refractivity contribution in [3.63, 3.8) is 0 Å². The Morgan fingerprint density at radius 1 is 1.12 bits per heavy atom. The number of rotatable bonds is 5. The van der Waals surface area contributed by atoms with Crippen LogP contribution in [0.15, 0.2) is 41.3 Å². The van der Waals surface area contributed by atoms with Crippen LogP contribution in [-0.4, -0.2) is 20.1 Å². The van der Waals surface area contributed by atoms with Gasteiger partial charge in [0.1, 0.15) is 0 Å². The molecule has 0 aliphatic heterocycles. The monoisotopic (exact) mass is 377 g/mol. The predicted molar refractivity (Wildman–Crippen MR) is 100.0 cm³/mol. The Labute approximate surface area is 153 Å². The molecule has 0 spiro atoms. The van der Waals surface area contributed by atoms with Crippen LogP contribution in [0.5, 0.6) is 0 Å². The van der Waals surface area contributed by atoms with Crippen molar-refractivity contribution in [1.82, 2.24) is 0 Å². The summed E-state index contributed by atoms with van der Waals surface area (Å²) < 4.78 is 25.0. The Morgan fingerprint density at radius 2 is 1.88 bits per heavy atom. The molecule has 4 nitrogen and oxygen atoms in total. The van der Waals surface area contributed by atoms with Crippen molar-refractivity contribution in [3.05, 3.63) is 58.1 Å². The lowest BCUT2D eigenvalue weighted by atomic mass is 10.1. The number of sulfone groups is 1. The number of carbonyl (C=O) groups is 1. The fraction of sp³-hybridized carbons (Fsp3) is 0.316. The number of hydrogen-bond acceptors (Lipinski definition) is 3. The summed E-state index contributed by atoms with van der Waals surface area (Å²) in [5.74, 6) is -0.549. The van der Waals surface area contributed by atoms with E-state index < -0.39 is 9.84 Å². The molecule has 1 aliphatic rings. The molecule has 2 aromatic carbocycles. The summed E-state index contributed by atoms with van der Waals surface area (Å²) in [5, 5.41) is 3.25. The van der Waals surface area contributed by atoms with E-state index in [1.807, 2.05) is 13.0 Å². The second-order valence-electron chi connectivity index (χ2n) is 6.36. The van der Waals surface area contributed by atoms with Crippen LogP contribution in [-0.2, 0) is 27.5 Å². The molecular weight excluding hydrogens is 358 g/mol. The van der Waals surface area contributed by atoms with Crippen LogP contribution in [0.3, 0.4) is 0 Å². The number of benzene rings is 2. The first-order valence-electron chi connectivity index (χ1n) is 8.26. The van der Waals surface area contributed by atoms with Crippen LogP contribution in [0.4, 0.5) is 5.69 Å². The van der Waals surface area contributed by atoms with Crippen molar-refractivity contribution < 1.29 is 13.2 Å². The molecular formula is C19H20ClNO3S. The first kappa shape index (κ1) is 18.0. The van der Waals surface area contributed by atoms with Gasteiger partial charge in [-0.1, -0.05) is 23.7 Å². The number of hydrogen-bond donors (Lipinski definition) is 1. The van der Waals surface area contributed by atoms with Crippen LogP contribution in [0.2, 0.25) is 5.02 Å². The maximum Gasteiger partial charge on any atom is 0.225 e. The molecule has 1 N–H and O–H groups in total. The molecule has 0 saturated carbocycles. The smallest absolute Gasteiger partial charge is 0.225 e. The quantitative estimate of drug-likeness (QED) is 0.858. The van der Waals surface area contributed by atoms with Crippen LogP contribution in [0.25, 0.3) is 0 Å². The van der Waals surface area contributed by atoms with Gasteiger partial charge in [-0.2, -0.15) is 0 Å². The number of nitrogens with one attached hydrogen (secondary N) is 1. The Balaban J connectivity index is 1.65. The standard InChI is InChI=1S/C19H20ClNO3S/c1-13-5-7-16(20)12-18(13)21-19(22)9-10-25(23,24)17-8-6-14-3-2-4-15(14)11-17/h5-8,11-12H,2-4,9-10H2,1H3,(H,21,22). The zero-order valence-corrected chi connectivity index (χ0v) is 15.6. The first-order chi connectivity index (χ1) is 11.8. The van der Waals surface area contributed by atoms with Crippen molar-refractivity contribution in [3.8, 4) is 0 Å². The average Bonchev–Trinajstić information content (AvgIpc) is 3.04. The molecule has 25 heavy (non-hydrogen) atoms. The third-order valence-corrected chi connectivity index (χ3v) is 6.45. The number of fused-ring (bicyclic) bond motifs is 1. The van der Waals surface area contributed by atoms with Crippen molar-refractivity contribution in [2.24, 2.45) is 0 Å². The highest BCUT2D eigenvalue weighted by molar-refractivity contribution is 7.91. The molecule has 1 aliphatic carbocycles. The van der Waals surface area contributed by atoms with Gasteiger partial charge in [0.05, 0.1) is 10.6 Å². The van der Waals surface area contributed by atoms with Gasteiger partial charge in [-0.05, 0) is 67.1 Å². The third kappa shape index (κ3) is 4.22. The second kappa shape index (κ2) is 7.18. The zero-order chi connectivity index (χ0) is 18.0. The summed E-state index contributed by atoms with van der Waals surface area (Å²) in [6, 6.07) is 10.5. The molecule has 0 aromatic heterocycles. The Morgan fingerprint density at radius 3 is 2.68 bits per heavy atom. The molecule has 1 amide bonds. The summed E-state index contributed by atoms with van der Waals surface area (Å²) in [5.41, 5.74) is 3.82. The number of amides is 1. The van der Waals surface area contributed by atoms with Crippen molar-refractivity contribution >= 4 is 33.0 Å². The summed E-state index contributed by atoms with van der Waals surface area (Å²) in [6.07, 6.45) is 2.91. The van der Waals surface area contributed by atoms with Crippen LogP contribution >= 0.6 is 11.6 Å². The number of carbonyl (C=O) groups excluding carboxylic acids is 1. The molecule has 6 heteroatoms. The van der Waals surface area contributed by atoms with E-state index in [1.54, 1.807) is 30.3 Å². The van der Waals surface area contributed by atoms with Gasteiger partial charge < -0.3 is 5.32 Å². The van der Waals surface area contributed by atoms with E-state index in [2.05, 4.69) is 5.32 Å². The minimum absolute atomic E-state index is 0.0919. The van der Waals surface area contributed by atoms with E-state index in [0.29, 0.717) is 15.6 Å². The molecule has 132 valence electrons. The largest absolute Gasteiger partial charge is 0.326 e. The highest BCUT2D eigenvalue weighted by Gasteiger charge is 2.20. The first-order valence-corrected chi connectivity index (χ1v) is 10.3. The van der Waals surface area contributed by atoms with Gasteiger partial charge in [-0.15, -0.1) is 0 Å². The molecule has 0 radical (unpaired) electrons. The number of anilines is 1. The molecule has 3 rings (SSSR count). The van der Waals surface area contributed by atoms with Crippen LogP contribution in [0.1, 0.15) is 29.5 Å². The van der Waals surface area contributed by atoms with Gasteiger partial charge in [0, 0.05) is 17.1 Å². The third-order valence-electron chi connectivity index (χ3n) is 4.50. The molecule has 0 atom stereocenters. The van der Waals surface area contributed by atoms with Gasteiger partial charge in [-0.25, -0.2) is 8.42 Å². The highest BCUT2D eigenvalue weighted by atomic mass is 35.5. The van der Waals surface area contributed by atoms with Gasteiger partial charge in [-0.3, -0.25) is 4.79 Å². The van der Waals surface area contributed by atoms with Crippen molar-refractivity contribution in [2.45, 2.75) is 37.5 Å². The summed E-state index contributed by atoms with van der Waals surface area (Å²) in [6.45, 7) is 1.85. The lowest BCUT2D eigenvalue weighted by Gasteiger charge is -2.10. The average molecular weight is 378 g/mol. The Kier molecular flexibility index (Phi) is 5.16. The zero-order valence-electron chi connectivity index (χ0n) is 14.0. The summed E-state index contributed by atoms with van der Waals surface area (Å²) in [7, 11) is -3.47. The van der Waals surface area contributed by atoms with Crippen molar-refractivity contribution in [1.29, 1.82) is 0 Å². The van der Waals surface area contributed by atoms with Crippen molar-refractivity contribution in [2.75, 3.05) is 11.1 Å². The van der Waals surface area contributed by atoms with Gasteiger partial charge in [0.25, 0.3) is 0 Å². The van der Waals surface area contributed by atoms with E-state index in [1.165, 1.54) is 5.56 Å². The van der Waals surface area contributed by atoms with E-state index in [0.717, 1.165) is 30.4 Å². The van der Waals surface area contributed by atoms with E-state index in [4.69, 9.17) is 11.6 Å². The molecule has 0 unspecified atom stereocenters. The van der Waals surface area contributed by atoms with E-state index in [9.17, 15) is 13.2 Å². The fourth-order valence-electron chi connectivity index (χ4n) is 3.03. The highest BCUT2D eigenvalue weighted by Crippen LogP contribution is 2.25. The summed E-state index contributed by atoms with van der Waals surface area (Å²) in [4.78, 5) is 12.4. The predicted octanol–water partition coefficient (Wildman–Crippen LogP) is 3.94. The fourth-order valence-corrected chi connectivity index (χ4v) is 4.49.